The minimum atomic E-state index is -0.661. The SMILES string of the molecule is CCCCCC/C=C\CCCCCCCCCC(=O)O.[Ag]. The van der Waals surface area contributed by atoms with Crippen LogP contribution in [-0.2, 0) is 27.2 Å². The van der Waals surface area contributed by atoms with Crippen LogP contribution in [0.3, 0.4) is 0 Å². The first-order valence-corrected chi connectivity index (χ1v) is 8.64. The molecule has 0 aliphatic heterocycles. The van der Waals surface area contributed by atoms with Crippen LogP contribution in [-0.4, -0.2) is 11.1 Å². The molecule has 0 bridgehead atoms. The molecule has 129 valence electrons. The Kier molecular flexibility index (Phi) is 22.1. The van der Waals surface area contributed by atoms with Gasteiger partial charge in [-0.3, -0.25) is 4.79 Å². The summed E-state index contributed by atoms with van der Waals surface area (Å²) in [5.74, 6) is -0.661. The number of hydrogen-bond acceptors (Lipinski definition) is 1. The third-order valence-electron chi connectivity index (χ3n) is 3.65. The van der Waals surface area contributed by atoms with Gasteiger partial charge in [0.15, 0.2) is 0 Å². The minimum absolute atomic E-state index is 0. The maximum Gasteiger partial charge on any atom is 0.303 e. The van der Waals surface area contributed by atoms with Crippen LogP contribution in [0.1, 0.15) is 96.8 Å². The largest absolute Gasteiger partial charge is 0.481 e. The van der Waals surface area contributed by atoms with E-state index in [4.69, 9.17) is 5.11 Å². The number of carboxylic acid groups (broad SMARTS) is 1. The molecule has 0 unspecified atom stereocenters. The molecule has 0 rings (SSSR count). The predicted octanol–water partition coefficient (Wildman–Crippen LogP) is 6.11. The maximum absolute atomic E-state index is 10.3. The monoisotopic (exact) mass is 389 g/mol. The zero-order chi connectivity index (χ0) is 14.9. The van der Waals surface area contributed by atoms with Crippen LogP contribution >= 0.6 is 0 Å². The summed E-state index contributed by atoms with van der Waals surface area (Å²) in [5.41, 5.74) is 0. The number of aliphatic carboxylic acids is 1. The van der Waals surface area contributed by atoms with Crippen molar-refractivity contribution < 1.29 is 32.3 Å². The van der Waals surface area contributed by atoms with Crippen LogP contribution in [0.5, 0.6) is 0 Å². The van der Waals surface area contributed by atoms with Crippen molar-refractivity contribution in [3.8, 4) is 0 Å². The van der Waals surface area contributed by atoms with Gasteiger partial charge >= 0.3 is 5.97 Å². The van der Waals surface area contributed by atoms with Crippen LogP contribution < -0.4 is 0 Å². The second-order valence-electron chi connectivity index (χ2n) is 5.73. The fourth-order valence-corrected chi connectivity index (χ4v) is 2.35. The quantitative estimate of drug-likeness (QED) is 0.208. The van der Waals surface area contributed by atoms with E-state index in [0.29, 0.717) is 6.42 Å². The van der Waals surface area contributed by atoms with Gasteiger partial charge < -0.3 is 5.11 Å². The second-order valence-corrected chi connectivity index (χ2v) is 5.73. The van der Waals surface area contributed by atoms with Crippen molar-refractivity contribution in [3.63, 3.8) is 0 Å². The van der Waals surface area contributed by atoms with Crippen LogP contribution in [0.2, 0.25) is 0 Å². The van der Waals surface area contributed by atoms with E-state index in [0.717, 1.165) is 12.8 Å². The Morgan fingerprint density at radius 2 is 1.19 bits per heavy atom. The normalized spacial score (nSPS) is 10.7. The zero-order valence-electron chi connectivity index (χ0n) is 13.7. The van der Waals surface area contributed by atoms with Crippen LogP contribution in [0, 0.1) is 0 Å². The van der Waals surface area contributed by atoms with Crippen LogP contribution in [0.4, 0.5) is 0 Å². The molecule has 0 spiro atoms. The third-order valence-corrected chi connectivity index (χ3v) is 3.65. The van der Waals surface area contributed by atoms with Gasteiger partial charge in [0.2, 0.25) is 0 Å². The van der Waals surface area contributed by atoms with E-state index in [1.807, 2.05) is 0 Å². The van der Waals surface area contributed by atoms with Gasteiger partial charge in [0, 0.05) is 28.8 Å². The Morgan fingerprint density at radius 1 is 0.762 bits per heavy atom. The average molecular weight is 390 g/mol. The van der Waals surface area contributed by atoms with Crippen molar-refractivity contribution in [2.75, 3.05) is 0 Å². The van der Waals surface area contributed by atoms with Gasteiger partial charge in [-0.25, -0.2) is 0 Å². The van der Waals surface area contributed by atoms with Gasteiger partial charge in [-0.1, -0.05) is 70.4 Å². The first kappa shape index (κ1) is 23.2. The Balaban J connectivity index is 0. The molecule has 0 aliphatic rings. The average Bonchev–Trinajstić information content (AvgIpc) is 2.43. The molecule has 21 heavy (non-hydrogen) atoms. The maximum atomic E-state index is 10.3. The summed E-state index contributed by atoms with van der Waals surface area (Å²) in [5, 5.41) is 8.51. The van der Waals surface area contributed by atoms with Gasteiger partial charge in [0.05, 0.1) is 0 Å². The van der Waals surface area contributed by atoms with Gasteiger partial charge in [-0.2, -0.15) is 0 Å². The van der Waals surface area contributed by atoms with Crippen LogP contribution in [0.15, 0.2) is 12.2 Å². The van der Waals surface area contributed by atoms with E-state index in [9.17, 15) is 4.79 Å². The molecule has 0 aromatic rings. The smallest absolute Gasteiger partial charge is 0.303 e. The Labute approximate surface area is 147 Å². The predicted molar refractivity (Wildman–Crippen MR) is 87.1 cm³/mol. The van der Waals surface area contributed by atoms with Crippen LogP contribution in [0.25, 0.3) is 0 Å². The van der Waals surface area contributed by atoms with Crippen molar-refractivity contribution >= 4 is 5.97 Å². The first-order valence-electron chi connectivity index (χ1n) is 8.64. The van der Waals surface area contributed by atoms with E-state index in [1.54, 1.807) is 0 Å². The minimum Gasteiger partial charge on any atom is -0.481 e. The van der Waals surface area contributed by atoms with Crippen molar-refractivity contribution in [2.45, 2.75) is 96.8 Å². The molecule has 1 N–H and O–H groups in total. The molecule has 1 radical (unpaired) electrons. The standard InChI is InChI=1S/C18H34O2.Ag/c1-2-3-4-5-6-7-8-9-10-11-12-13-14-15-16-17-18(19)20;/h7-8H,2-6,9-17H2,1H3,(H,19,20);/b8-7-;. The third kappa shape index (κ3) is 22.4. The fraction of sp³-hybridized carbons (Fsp3) is 0.833. The molecule has 0 aromatic heterocycles. The number of carbonyl (C=O) groups is 1. The van der Waals surface area contributed by atoms with Gasteiger partial charge in [0.1, 0.15) is 0 Å². The number of unbranched alkanes of at least 4 members (excludes halogenated alkanes) is 11. The number of allylic oxidation sites excluding steroid dienone is 2. The number of rotatable bonds is 15. The summed E-state index contributed by atoms with van der Waals surface area (Å²) in [6, 6.07) is 0. The molecular weight excluding hydrogens is 356 g/mol. The molecule has 0 amide bonds. The second kappa shape index (κ2) is 20.0. The van der Waals surface area contributed by atoms with E-state index >= 15 is 0 Å². The molecule has 0 atom stereocenters. The fourth-order valence-electron chi connectivity index (χ4n) is 2.35. The molecule has 0 saturated carbocycles. The van der Waals surface area contributed by atoms with Gasteiger partial charge in [-0.05, 0) is 32.1 Å². The first-order chi connectivity index (χ1) is 9.77. The molecule has 2 nitrogen and oxygen atoms in total. The summed E-state index contributed by atoms with van der Waals surface area (Å²) in [6.07, 6.45) is 21.2. The van der Waals surface area contributed by atoms with Crippen molar-refractivity contribution in [3.05, 3.63) is 12.2 Å². The summed E-state index contributed by atoms with van der Waals surface area (Å²) in [6.45, 7) is 2.25. The van der Waals surface area contributed by atoms with Crippen molar-refractivity contribution in [1.82, 2.24) is 0 Å². The molecule has 0 fully saturated rings. The van der Waals surface area contributed by atoms with E-state index in [-0.39, 0.29) is 22.4 Å². The number of carboxylic acids is 1. The van der Waals surface area contributed by atoms with Crippen molar-refractivity contribution in [2.24, 2.45) is 0 Å². The molecule has 3 heteroatoms. The van der Waals surface area contributed by atoms with Crippen molar-refractivity contribution in [1.29, 1.82) is 0 Å². The van der Waals surface area contributed by atoms with Gasteiger partial charge in [-0.15, -0.1) is 0 Å². The molecule has 0 aliphatic carbocycles. The Morgan fingerprint density at radius 3 is 1.67 bits per heavy atom. The van der Waals surface area contributed by atoms with E-state index in [1.165, 1.54) is 70.6 Å². The molecular formula is C18H34AgO2. The van der Waals surface area contributed by atoms with E-state index in [2.05, 4.69) is 19.1 Å². The zero-order valence-corrected chi connectivity index (χ0v) is 15.2. The van der Waals surface area contributed by atoms with Gasteiger partial charge in [0.25, 0.3) is 0 Å². The topological polar surface area (TPSA) is 37.3 Å². The summed E-state index contributed by atoms with van der Waals surface area (Å²) in [4.78, 5) is 10.3. The Hall–Kier alpha value is -0.0497. The summed E-state index contributed by atoms with van der Waals surface area (Å²) in [7, 11) is 0. The summed E-state index contributed by atoms with van der Waals surface area (Å²) >= 11 is 0. The molecule has 0 heterocycles. The number of hydrogen-bond donors (Lipinski definition) is 1. The van der Waals surface area contributed by atoms with E-state index < -0.39 is 5.97 Å². The molecule has 0 aromatic carbocycles. The summed E-state index contributed by atoms with van der Waals surface area (Å²) < 4.78 is 0. The Bertz CT molecular complexity index is 239. The molecule has 0 saturated heterocycles.